The van der Waals surface area contributed by atoms with Crippen LogP contribution in [0.2, 0.25) is 10.2 Å². The van der Waals surface area contributed by atoms with E-state index in [2.05, 4.69) is 24.1 Å². The molecule has 1 aromatic carbocycles. The molecule has 0 aliphatic carbocycles. The summed E-state index contributed by atoms with van der Waals surface area (Å²) >= 11 is 11.5. The maximum atomic E-state index is 11.9. The maximum absolute atomic E-state index is 11.9. The maximum Gasteiger partial charge on any atom is 0.340 e. The lowest BCUT2D eigenvalue weighted by molar-refractivity contribution is -0.119. The molecule has 0 unspecified atom stereocenters. The van der Waals surface area contributed by atoms with E-state index in [4.69, 9.17) is 27.9 Å². The van der Waals surface area contributed by atoms with Crippen molar-refractivity contribution in [2.75, 3.05) is 11.9 Å². The Kier molecular flexibility index (Phi) is 6.79. The highest BCUT2D eigenvalue weighted by Crippen LogP contribution is 2.21. The molecular formula is C18H18Cl2N2O3. The highest BCUT2D eigenvalue weighted by molar-refractivity contribution is 6.41. The van der Waals surface area contributed by atoms with E-state index in [1.54, 1.807) is 0 Å². The van der Waals surface area contributed by atoms with Gasteiger partial charge in [-0.15, -0.1) is 0 Å². The molecule has 5 nitrogen and oxygen atoms in total. The highest BCUT2D eigenvalue weighted by atomic mass is 35.5. The lowest BCUT2D eigenvalue weighted by atomic mass is 9.99. The molecule has 0 aliphatic heterocycles. The third-order valence-corrected chi connectivity index (χ3v) is 4.43. The van der Waals surface area contributed by atoms with Gasteiger partial charge < -0.3 is 10.1 Å². The number of carbonyl (C=O) groups is 2. The molecule has 7 heteroatoms. The number of nitrogens with one attached hydrogen (secondary N) is 1. The fourth-order valence-electron chi connectivity index (χ4n) is 2.08. The molecule has 0 fully saturated rings. The Morgan fingerprint density at radius 3 is 2.52 bits per heavy atom. The van der Waals surface area contributed by atoms with Gasteiger partial charge in [0, 0.05) is 11.9 Å². The Balaban J connectivity index is 1.87. The van der Waals surface area contributed by atoms with Gasteiger partial charge in [-0.3, -0.25) is 4.79 Å². The van der Waals surface area contributed by atoms with Gasteiger partial charge in [-0.1, -0.05) is 49.2 Å². The van der Waals surface area contributed by atoms with Crippen LogP contribution in [-0.2, 0) is 9.53 Å². The van der Waals surface area contributed by atoms with E-state index in [1.165, 1.54) is 17.8 Å². The molecule has 2 aromatic rings. The zero-order chi connectivity index (χ0) is 18.4. The molecule has 1 heterocycles. The molecule has 0 spiro atoms. The Bertz CT molecular complexity index is 763. The molecule has 132 valence electrons. The van der Waals surface area contributed by atoms with Crippen LogP contribution >= 0.6 is 23.2 Å². The number of carbonyl (C=O) groups excluding carboxylic acids is 2. The summed E-state index contributed by atoms with van der Waals surface area (Å²) in [4.78, 5) is 27.5. The van der Waals surface area contributed by atoms with Gasteiger partial charge in [0.15, 0.2) is 6.61 Å². The molecule has 0 radical (unpaired) electrons. The second-order valence-corrected chi connectivity index (χ2v) is 6.32. The number of hydrogen-bond donors (Lipinski definition) is 1. The summed E-state index contributed by atoms with van der Waals surface area (Å²) in [6, 6.07) is 8.92. The van der Waals surface area contributed by atoms with E-state index in [9.17, 15) is 9.59 Å². The summed E-state index contributed by atoms with van der Waals surface area (Å²) in [5.41, 5.74) is 1.98. The van der Waals surface area contributed by atoms with Crippen molar-refractivity contribution in [1.82, 2.24) is 4.98 Å². The summed E-state index contributed by atoms with van der Waals surface area (Å²) in [5, 5.41) is 2.91. The zero-order valence-corrected chi connectivity index (χ0v) is 15.4. The molecule has 0 aliphatic rings. The monoisotopic (exact) mass is 380 g/mol. The predicted octanol–water partition coefficient (Wildman–Crippen LogP) is 4.70. The number of esters is 1. The highest BCUT2D eigenvalue weighted by Gasteiger charge is 2.13. The van der Waals surface area contributed by atoms with E-state index in [1.807, 2.05) is 24.3 Å². The van der Waals surface area contributed by atoms with Crippen LogP contribution in [0.4, 0.5) is 5.69 Å². The second kappa shape index (κ2) is 8.83. The minimum absolute atomic E-state index is 0.0943. The number of pyridine rings is 1. The fourth-order valence-corrected chi connectivity index (χ4v) is 2.34. The molecule has 1 atom stereocenters. The largest absolute Gasteiger partial charge is 0.452 e. The van der Waals surface area contributed by atoms with E-state index in [0.717, 1.165) is 6.42 Å². The van der Waals surface area contributed by atoms with Gasteiger partial charge in [0.25, 0.3) is 5.91 Å². The molecule has 0 bridgehead atoms. The van der Waals surface area contributed by atoms with Crippen molar-refractivity contribution in [3.63, 3.8) is 0 Å². The van der Waals surface area contributed by atoms with E-state index in [0.29, 0.717) is 11.6 Å². The Labute approximate surface area is 156 Å². The fraction of sp³-hybridized carbons (Fsp3) is 0.278. The smallest absolute Gasteiger partial charge is 0.340 e. The third-order valence-electron chi connectivity index (χ3n) is 3.74. The first kappa shape index (κ1) is 19.2. The minimum atomic E-state index is -0.701. The zero-order valence-electron chi connectivity index (χ0n) is 13.9. The average molecular weight is 381 g/mol. The molecule has 25 heavy (non-hydrogen) atoms. The lowest BCUT2D eigenvalue weighted by Crippen LogP contribution is -2.21. The quantitative estimate of drug-likeness (QED) is 0.582. The van der Waals surface area contributed by atoms with Crippen molar-refractivity contribution >= 4 is 40.8 Å². The molecule has 1 amide bonds. The number of ether oxygens (including phenoxy) is 1. The van der Waals surface area contributed by atoms with Gasteiger partial charge in [0.1, 0.15) is 5.15 Å². The van der Waals surface area contributed by atoms with Crippen LogP contribution in [0.5, 0.6) is 0 Å². The third kappa shape index (κ3) is 5.44. The molecule has 0 saturated carbocycles. The van der Waals surface area contributed by atoms with Gasteiger partial charge in [0.2, 0.25) is 0 Å². The lowest BCUT2D eigenvalue weighted by Gasteiger charge is -2.10. The van der Waals surface area contributed by atoms with Crippen LogP contribution in [0.3, 0.4) is 0 Å². The van der Waals surface area contributed by atoms with E-state index < -0.39 is 18.5 Å². The van der Waals surface area contributed by atoms with Crippen LogP contribution in [0.25, 0.3) is 0 Å². The molecule has 1 N–H and O–H groups in total. The number of hydrogen-bond acceptors (Lipinski definition) is 4. The summed E-state index contributed by atoms with van der Waals surface area (Å²) < 4.78 is 4.94. The van der Waals surface area contributed by atoms with Gasteiger partial charge in [0.05, 0.1) is 10.6 Å². The molecule has 1 aromatic heterocycles. The minimum Gasteiger partial charge on any atom is -0.452 e. The topological polar surface area (TPSA) is 68.3 Å². The number of aromatic nitrogens is 1. The summed E-state index contributed by atoms with van der Waals surface area (Å²) in [6.45, 7) is 3.86. The summed E-state index contributed by atoms with van der Waals surface area (Å²) in [6.07, 6.45) is 2.29. The van der Waals surface area contributed by atoms with Gasteiger partial charge in [-0.05, 0) is 36.1 Å². The molecule has 2 rings (SSSR count). The van der Waals surface area contributed by atoms with Crippen molar-refractivity contribution in [3.05, 3.63) is 57.8 Å². The van der Waals surface area contributed by atoms with Gasteiger partial charge in [-0.2, -0.15) is 0 Å². The van der Waals surface area contributed by atoms with E-state index >= 15 is 0 Å². The Morgan fingerprint density at radius 1 is 1.24 bits per heavy atom. The second-order valence-electron chi connectivity index (χ2n) is 5.55. The molecule has 0 saturated heterocycles. The summed E-state index contributed by atoms with van der Waals surface area (Å²) in [7, 11) is 0. The standard InChI is InChI=1S/C18H18Cl2N2O3/c1-3-11(2)12-4-6-14(7-5-12)22-16(23)10-25-18(24)13-8-15(19)17(20)21-9-13/h4-9,11H,3,10H2,1-2H3,(H,22,23)/t11-/m1/s1. The first-order chi connectivity index (χ1) is 11.9. The van der Waals surface area contributed by atoms with Crippen LogP contribution in [-0.4, -0.2) is 23.5 Å². The van der Waals surface area contributed by atoms with Gasteiger partial charge in [-0.25, -0.2) is 9.78 Å². The number of benzene rings is 1. The van der Waals surface area contributed by atoms with Crippen LogP contribution in [0, 0.1) is 0 Å². The Hall–Kier alpha value is -2.11. The number of amides is 1. The summed E-state index contributed by atoms with van der Waals surface area (Å²) in [5.74, 6) is -0.670. The number of anilines is 1. The predicted molar refractivity (Wildman–Crippen MR) is 98.3 cm³/mol. The molecular weight excluding hydrogens is 363 g/mol. The van der Waals surface area contributed by atoms with Gasteiger partial charge >= 0.3 is 5.97 Å². The number of nitrogens with zero attached hydrogens (tertiary/aromatic N) is 1. The first-order valence-corrected chi connectivity index (χ1v) is 8.54. The van der Waals surface area contributed by atoms with Crippen LogP contribution < -0.4 is 5.32 Å². The normalized spacial score (nSPS) is 11.7. The van der Waals surface area contributed by atoms with Crippen molar-refractivity contribution < 1.29 is 14.3 Å². The van der Waals surface area contributed by atoms with Crippen molar-refractivity contribution in [2.24, 2.45) is 0 Å². The van der Waals surface area contributed by atoms with Crippen LogP contribution in [0.1, 0.15) is 42.1 Å². The van der Waals surface area contributed by atoms with Crippen molar-refractivity contribution in [2.45, 2.75) is 26.2 Å². The first-order valence-electron chi connectivity index (χ1n) is 7.78. The van der Waals surface area contributed by atoms with Crippen LogP contribution in [0.15, 0.2) is 36.5 Å². The van der Waals surface area contributed by atoms with Crippen molar-refractivity contribution in [1.29, 1.82) is 0 Å². The number of rotatable bonds is 6. The number of halogens is 2. The SMILES string of the molecule is CC[C@@H](C)c1ccc(NC(=O)COC(=O)c2cnc(Cl)c(Cl)c2)cc1. The Morgan fingerprint density at radius 2 is 1.92 bits per heavy atom. The average Bonchev–Trinajstić information content (AvgIpc) is 2.62. The van der Waals surface area contributed by atoms with E-state index in [-0.39, 0.29) is 15.7 Å². The van der Waals surface area contributed by atoms with Crippen molar-refractivity contribution in [3.8, 4) is 0 Å².